The van der Waals surface area contributed by atoms with Crippen molar-refractivity contribution in [1.82, 2.24) is 4.72 Å². The molecular weight excluding hydrogens is 540 g/mol. The van der Waals surface area contributed by atoms with E-state index in [2.05, 4.69) is 47.8 Å². The van der Waals surface area contributed by atoms with E-state index in [1.165, 1.54) is 17.5 Å². The Balaban J connectivity index is 1.51. The Labute approximate surface area is 247 Å². The monoisotopic (exact) mass is 582 g/mol. The molecule has 40 heavy (non-hydrogen) atoms. The fraction of sp³-hybridized carbons (Fsp3) is 0.545. The third-order valence-corrected chi connectivity index (χ3v) is 10.7. The van der Waals surface area contributed by atoms with Gasteiger partial charge < -0.3 is 9.64 Å². The van der Waals surface area contributed by atoms with E-state index < -0.39 is 11.0 Å². The first kappa shape index (κ1) is 29.2. The number of nitrogens with one attached hydrogen (secondary N) is 1. The summed E-state index contributed by atoms with van der Waals surface area (Å²) >= 11 is 6.41. The molecule has 1 aliphatic heterocycles. The first-order valence-corrected chi connectivity index (χ1v) is 16.5. The van der Waals surface area contributed by atoms with Gasteiger partial charge in [-0.2, -0.15) is 0 Å². The number of benzene rings is 2. The number of ether oxygens (including phenoxy) is 1. The average molecular weight is 583 g/mol. The van der Waals surface area contributed by atoms with Gasteiger partial charge in [-0.3, -0.25) is 9.52 Å². The molecule has 0 radical (unpaired) electrons. The Bertz CT molecular complexity index is 1290. The zero-order valence-corrected chi connectivity index (χ0v) is 25.8. The number of rotatable bonds is 8. The molecule has 2 aromatic rings. The topological polar surface area (TPSA) is 58.6 Å². The standard InChI is InChI=1S/C33H43ClN2O3S/c1-5-6-7-9-24-16-23(4)28(24)19-36-20-33(15-8-10-25-17-27(34)12-13-29(25)33)21-39-31-14-11-26(18-30(31)36)32(37)35-40(38)22(2)3/h6-7,11-14,17-18,22-24,28H,5,8-10,15-16,19-21H2,1-4H3,(H,35,37)/b7-6-. The minimum atomic E-state index is -1.43. The number of fused-ring (bicyclic) bond motifs is 3. The zero-order valence-electron chi connectivity index (χ0n) is 24.3. The number of aryl methyl sites for hydroxylation is 1. The van der Waals surface area contributed by atoms with E-state index in [9.17, 15) is 9.00 Å². The first-order chi connectivity index (χ1) is 19.2. The second-order valence-corrected chi connectivity index (χ2v) is 14.5. The minimum absolute atomic E-state index is 0.149. The number of nitrogens with zero attached hydrogens (tertiary/aromatic N) is 1. The molecule has 7 heteroatoms. The lowest BCUT2D eigenvalue weighted by Crippen LogP contribution is -2.50. The van der Waals surface area contributed by atoms with Gasteiger partial charge >= 0.3 is 0 Å². The maximum Gasteiger partial charge on any atom is 0.263 e. The van der Waals surface area contributed by atoms with Crippen LogP contribution in [0.1, 0.15) is 81.3 Å². The fourth-order valence-corrected chi connectivity index (χ4v) is 7.64. The highest BCUT2D eigenvalue weighted by molar-refractivity contribution is 7.84. The Morgan fingerprint density at radius 1 is 1.25 bits per heavy atom. The van der Waals surface area contributed by atoms with E-state index in [0.717, 1.165) is 61.7 Å². The quantitative estimate of drug-likeness (QED) is 0.333. The molecule has 1 saturated carbocycles. The third-order valence-electron chi connectivity index (χ3n) is 9.20. The molecule has 0 saturated heterocycles. The van der Waals surface area contributed by atoms with E-state index in [1.54, 1.807) is 6.07 Å². The molecule has 1 heterocycles. The number of hydrogen-bond acceptors (Lipinski definition) is 4. The summed E-state index contributed by atoms with van der Waals surface area (Å²) in [6.45, 7) is 10.6. The molecule has 2 aromatic carbocycles. The predicted octanol–water partition coefficient (Wildman–Crippen LogP) is 7.24. The Morgan fingerprint density at radius 2 is 2.08 bits per heavy atom. The number of anilines is 1. The van der Waals surface area contributed by atoms with Crippen LogP contribution in [-0.4, -0.2) is 35.1 Å². The molecule has 5 unspecified atom stereocenters. The molecule has 0 bridgehead atoms. The molecular formula is C33H43ClN2O3S. The maximum atomic E-state index is 13.1. The molecule has 5 atom stereocenters. The summed E-state index contributed by atoms with van der Waals surface area (Å²) in [4.78, 5) is 15.6. The molecule has 216 valence electrons. The van der Waals surface area contributed by atoms with Crippen LogP contribution in [0, 0.1) is 17.8 Å². The van der Waals surface area contributed by atoms with Crippen LogP contribution in [0.3, 0.4) is 0 Å². The van der Waals surface area contributed by atoms with Crippen LogP contribution >= 0.6 is 11.6 Å². The van der Waals surface area contributed by atoms with Crippen LogP contribution in [0.25, 0.3) is 0 Å². The Kier molecular flexibility index (Phi) is 8.96. The second kappa shape index (κ2) is 12.3. The number of amides is 1. The summed E-state index contributed by atoms with van der Waals surface area (Å²) < 4.78 is 21.6. The molecule has 0 aromatic heterocycles. The van der Waals surface area contributed by atoms with Gasteiger partial charge in [0, 0.05) is 34.3 Å². The highest BCUT2D eigenvalue weighted by Gasteiger charge is 2.44. The summed E-state index contributed by atoms with van der Waals surface area (Å²) in [7, 11) is -1.43. The van der Waals surface area contributed by atoms with Crippen molar-refractivity contribution in [3.05, 3.63) is 70.3 Å². The van der Waals surface area contributed by atoms with Crippen molar-refractivity contribution in [2.24, 2.45) is 17.8 Å². The molecule has 5 rings (SSSR count). The summed E-state index contributed by atoms with van der Waals surface area (Å²) in [6, 6.07) is 12.0. The summed E-state index contributed by atoms with van der Waals surface area (Å²) in [5.41, 5.74) is 3.99. The van der Waals surface area contributed by atoms with Gasteiger partial charge in [-0.1, -0.05) is 43.7 Å². The van der Waals surface area contributed by atoms with Crippen LogP contribution < -0.4 is 14.4 Å². The third kappa shape index (κ3) is 5.99. The highest BCUT2D eigenvalue weighted by atomic mass is 35.5. The summed E-state index contributed by atoms with van der Waals surface area (Å²) in [5.74, 6) is 2.39. The van der Waals surface area contributed by atoms with Gasteiger partial charge in [0.05, 0.1) is 12.3 Å². The van der Waals surface area contributed by atoms with Crippen molar-refractivity contribution in [1.29, 1.82) is 0 Å². The summed E-state index contributed by atoms with van der Waals surface area (Å²) in [5, 5.41) is 0.634. The van der Waals surface area contributed by atoms with Crippen LogP contribution in [-0.2, 0) is 22.8 Å². The van der Waals surface area contributed by atoms with Crippen LogP contribution in [0.4, 0.5) is 5.69 Å². The number of hydrogen-bond donors (Lipinski definition) is 1. The van der Waals surface area contributed by atoms with E-state index >= 15 is 0 Å². The van der Waals surface area contributed by atoms with Gasteiger partial charge in [0.25, 0.3) is 5.91 Å². The van der Waals surface area contributed by atoms with Crippen molar-refractivity contribution in [2.75, 3.05) is 24.6 Å². The first-order valence-electron chi connectivity index (χ1n) is 14.9. The van der Waals surface area contributed by atoms with Gasteiger partial charge in [-0.25, -0.2) is 4.21 Å². The highest BCUT2D eigenvalue weighted by Crippen LogP contribution is 2.48. The van der Waals surface area contributed by atoms with Crippen molar-refractivity contribution in [3.8, 4) is 5.75 Å². The lowest BCUT2D eigenvalue weighted by molar-refractivity contribution is 0.0918. The molecule has 5 nitrogen and oxygen atoms in total. The average Bonchev–Trinajstić information content (AvgIpc) is 3.08. The lowest BCUT2D eigenvalue weighted by atomic mass is 9.63. The smallest absolute Gasteiger partial charge is 0.263 e. The molecule has 1 fully saturated rings. The predicted molar refractivity (Wildman–Crippen MR) is 166 cm³/mol. The fourth-order valence-electron chi connectivity index (χ4n) is 6.91. The van der Waals surface area contributed by atoms with Gasteiger partial charge in [0.1, 0.15) is 16.7 Å². The Morgan fingerprint density at radius 3 is 2.83 bits per heavy atom. The number of carbonyl (C=O) groups is 1. The van der Waals surface area contributed by atoms with Crippen LogP contribution in [0.15, 0.2) is 48.6 Å². The molecule has 2 aliphatic carbocycles. The maximum absolute atomic E-state index is 13.1. The number of carbonyl (C=O) groups excluding carboxylic acids is 1. The van der Waals surface area contributed by atoms with Crippen molar-refractivity contribution < 1.29 is 13.7 Å². The number of halogens is 1. The minimum Gasteiger partial charge on any atom is -0.490 e. The second-order valence-electron chi connectivity index (χ2n) is 12.3. The normalized spacial score (nSPS) is 26.6. The van der Waals surface area contributed by atoms with Crippen LogP contribution in [0.5, 0.6) is 5.75 Å². The molecule has 1 amide bonds. The largest absolute Gasteiger partial charge is 0.490 e. The van der Waals surface area contributed by atoms with E-state index in [4.69, 9.17) is 16.3 Å². The molecule has 1 spiro atoms. The van der Waals surface area contributed by atoms with Gasteiger partial charge in [-0.15, -0.1) is 0 Å². The van der Waals surface area contributed by atoms with Crippen molar-refractivity contribution in [2.45, 2.75) is 76.9 Å². The molecule has 3 aliphatic rings. The van der Waals surface area contributed by atoms with Gasteiger partial charge in [0.2, 0.25) is 0 Å². The van der Waals surface area contributed by atoms with E-state index in [0.29, 0.717) is 29.9 Å². The molecule has 1 N–H and O–H groups in total. The Hall–Kier alpha value is -2.31. The number of allylic oxidation sites excluding steroid dienone is 2. The van der Waals surface area contributed by atoms with E-state index in [-0.39, 0.29) is 16.6 Å². The van der Waals surface area contributed by atoms with Crippen molar-refractivity contribution >= 4 is 34.2 Å². The zero-order chi connectivity index (χ0) is 28.4. The van der Waals surface area contributed by atoms with Crippen molar-refractivity contribution in [3.63, 3.8) is 0 Å². The van der Waals surface area contributed by atoms with E-state index in [1.807, 2.05) is 32.0 Å². The van der Waals surface area contributed by atoms with Crippen LogP contribution in [0.2, 0.25) is 5.02 Å². The van der Waals surface area contributed by atoms with Gasteiger partial charge in [0.15, 0.2) is 0 Å². The SMILES string of the molecule is CC/C=C\CC1CC(C)C1CN1CC2(CCCc3cc(Cl)ccc32)COc2ccc(C(=O)NS(=O)C(C)C)cc21. The summed E-state index contributed by atoms with van der Waals surface area (Å²) in [6.07, 6.45) is 11.3. The van der Waals surface area contributed by atoms with Gasteiger partial charge in [-0.05, 0) is 112 Å². The lowest BCUT2D eigenvalue weighted by Gasteiger charge is -2.47.